The van der Waals surface area contributed by atoms with E-state index < -0.39 is 5.97 Å². The Hall–Kier alpha value is -0.570. The molecule has 21 heavy (non-hydrogen) atoms. The molecule has 3 heteroatoms. The molecular weight excluding hydrogens is 262 g/mol. The smallest absolute Gasteiger partial charge is 0.317 e. The van der Waals surface area contributed by atoms with Crippen molar-refractivity contribution in [3.63, 3.8) is 0 Å². The third-order valence-corrected chi connectivity index (χ3v) is 6.94. The highest BCUT2D eigenvalue weighted by Crippen LogP contribution is 2.62. The summed E-state index contributed by atoms with van der Waals surface area (Å²) in [6.07, 6.45) is 9.45. The number of rotatable bonds is 6. The number of aliphatic carboxylic acids is 1. The summed E-state index contributed by atoms with van der Waals surface area (Å²) in [5.41, 5.74) is 0.410. The van der Waals surface area contributed by atoms with Crippen LogP contribution in [0.25, 0.3) is 0 Å². The molecule has 1 N–H and O–H groups in total. The highest BCUT2D eigenvalue weighted by molar-refractivity contribution is 5.69. The second-order valence-electron chi connectivity index (χ2n) is 8.28. The molecule has 0 aliphatic heterocycles. The van der Waals surface area contributed by atoms with Crippen LogP contribution < -0.4 is 0 Å². The van der Waals surface area contributed by atoms with Gasteiger partial charge in [-0.15, -0.1) is 0 Å². The molecular formula is C18H31NO2. The van der Waals surface area contributed by atoms with Crippen LogP contribution in [0.3, 0.4) is 0 Å². The van der Waals surface area contributed by atoms with E-state index in [2.05, 4.69) is 25.7 Å². The SMILES string of the molecule is CCC(C)N(CC(=O)O)C(C)C12CC3CC(CC(C3)C1)C2. The molecule has 2 atom stereocenters. The molecule has 2 unspecified atom stereocenters. The Balaban J connectivity index is 1.81. The van der Waals surface area contributed by atoms with Gasteiger partial charge in [-0.05, 0) is 82.0 Å². The maximum atomic E-state index is 11.3. The molecule has 4 fully saturated rings. The van der Waals surface area contributed by atoms with Crippen LogP contribution in [0.1, 0.15) is 65.7 Å². The van der Waals surface area contributed by atoms with E-state index in [-0.39, 0.29) is 6.54 Å². The Labute approximate surface area is 129 Å². The predicted molar refractivity (Wildman–Crippen MR) is 84.2 cm³/mol. The van der Waals surface area contributed by atoms with Gasteiger partial charge in [0.05, 0.1) is 6.54 Å². The van der Waals surface area contributed by atoms with Gasteiger partial charge >= 0.3 is 5.97 Å². The van der Waals surface area contributed by atoms with Gasteiger partial charge in [0, 0.05) is 12.1 Å². The van der Waals surface area contributed by atoms with Crippen LogP contribution in [0.5, 0.6) is 0 Å². The van der Waals surface area contributed by atoms with Crippen LogP contribution in [-0.2, 0) is 4.79 Å². The monoisotopic (exact) mass is 293 g/mol. The minimum absolute atomic E-state index is 0.206. The molecule has 0 aromatic rings. The average molecular weight is 293 g/mol. The molecule has 0 amide bonds. The van der Waals surface area contributed by atoms with Gasteiger partial charge in [-0.25, -0.2) is 0 Å². The van der Waals surface area contributed by atoms with E-state index in [1.807, 2.05) is 0 Å². The highest BCUT2D eigenvalue weighted by Gasteiger charge is 2.54. The van der Waals surface area contributed by atoms with Crippen molar-refractivity contribution in [3.8, 4) is 0 Å². The second kappa shape index (κ2) is 5.57. The van der Waals surface area contributed by atoms with E-state index in [0.717, 1.165) is 24.2 Å². The molecule has 0 radical (unpaired) electrons. The Bertz CT molecular complexity index is 371. The summed E-state index contributed by atoms with van der Waals surface area (Å²) < 4.78 is 0. The minimum atomic E-state index is -0.674. The van der Waals surface area contributed by atoms with Gasteiger partial charge in [0.2, 0.25) is 0 Å². The Kier molecular flexibility index (Phi) is 4.06. The van der Waals surface area contributed by atoms with Gasteiger partial charge < -0.3 is 5.11 Å². The van der Waals surface area contributed by atoms with Gasteiger partial charge in [-0.3, -0.25) is 9.69 Å². The van der Waals surface area contributed by atoms with Crippen LogP contribution in [0.4, 0.5) is 0 Å². The van der Waals surface area contributed by atoms with Crippen LogP contribution in [0.2, 0.25) is 0 Å². The summed E-state index contributed by atoms with van der Waals surface area (Å²) in [5.74, 6) is 2.12. The first kappa shape index (κ1) is 15.3. The van der Waals surface area contributed by atoms with Gasteiger partial charge in [0.25, 0.3) is 0 Å². The van der Waals surface area contributed by atoms with Crippen molar-refractivity contribution in [2.24, 2.45) is 23.2 Å². The molecule has 0 spiro atoms. The van der Waals surface area contributed by atoms with E-state index in [9.17, 15) is 9.90 Å². The first-order valence-corrected chi connectivity index (χ1v) is 8.91. The molecule has 4 bridgehead atoms. The van der Waals surface area contributed by atoms with Crippen molar-refractivity contribution < 1.29 is 9.90 Å². The van der Waals surface area contributed by atoms with E-state index >= 15 is 0 Å². The Morgan fingerprint density at radius 2 is 1.62 bits per heavy atom. The van der Waals surface area contributed by atoms with Crippen molar-refractivity contribution in [1.29, 1.82) is 0 Å². The predicted octanol–water partition coefficient (Wildman–Crippen LogP) is 3.78. The average Bonchev–Trinajstić information content (AvgIpc) is 2.41. The Morgan fingerprint density at radius 3 is 2.00 bits per heavy atom. The standard InChI is InChI=1S/C18H31NO2/c1-4-12(2)19(11-17(20)21)13(3)18-8-14-5-15(9-18)7-16(6-14)10-18/h12-16H,4-11H2,1-3H3,(H,20,21). The van der Waals surface area contributed by atoms with Crippen LogP contribution in [0, 0.1) is 23.2 Å². The lowest BCUT2D eigenvalue weighted by Crippen LogP contribution is -2.58. The van der Waals surface area contributed by atoms with E-state index in [4.69, 9.17) is 0 Å². The molecule has 3 nitrogen and oxygen atoms in total. The quantitative estimate of drug-likeness (QED) is 0.810. The summed E-state index contributed by atoms with van der Waals surface area (Å²) in [4.78, 5) is 13.6. The highest BCUT2D eigenvalue weighted by atomic mass is 16.4. The summed E-state index contributed by atoms with van der Waals surface area (Å²) in [6.45, 7) is 6.89. The fourth-order valence-corrected chi connectivity index (χ4v) is 6.11. The first-order valence-electron chi connectivity index (χ1n) is 8.91. The zero-order chi connectivity index (χ0) is 15.2. The summed E-state index contributed by atoms with van der Waals surface area (Å²) in [7, 11) is 0. The van der Waals surface area contributed by atoms with E-state index in [1.54, 1.807) is 0 Å². The number of carboxylic acid groups (broad SMARTS) is 1. The number of carboxylic acids is 1. The summed E-state index contributed by atoms with van der Waals surface area (Å²) in [6, 6.07) is 0.779. The molecule has 4 rings (SSSR count). The van der Waals surface area contributed by atoms with Crippen LogP contribution in [-0.4, -0.2) is 34.6 Å². The van der Waals surface area contributed by atoms with Gasteiger partial charge in [-0.1, -0.05) is 6.92 Å². The Morgan fingerprint density at radius 1 is 1.14 bits per heavy atom. The zero-order valence-corrected chi connectivity index (χ0v) is 13.8. The topological polar surface area (TPSA) is 40.5 Å². The normalized spacial score (nSPS) is 40.5. The van der Waals surface area contributed by atoms with Crippen LogP contribution >= 0.6 is 0 Å². The fourth-order valence-electron chi connectivity index (χ4n) is 6.11. The summed E-state index contributed by atoms with van der Waals surface area (Å²) >= 11 is 0. The molecule has 0 aromatic carbocycles. The summed E-state index contributed by atoms with van der Waals surface area (Å²) in [5, 5.41) is 9.32. The van der Waals surface area contributed by atoms with Crippen molar-refractivity contribution in [2.75, 3.05) is 6.54 Å². The van der Waals surface area contributed by atoms with Gasteiger partial charge in [0.15, 0.2) is 0 Å². The molecule has 120 valence electrons. The lowest BCUT2D eigenvalue weighted by Gasteiger charge is -2.61. The number of hydrogen-bond donors (Lipinski definition) is 1. The molecule has 4 aliphatic rings. The van der Waals surface area contributed by atoms with Crippen molar-refractivity contribution in [2.45, 2.75) is 77.8 Å². The number of nitrogens with zero attached hydrogens (tertiary/aromatic N) is 1. The van der Waals surface area contributed by atoms with Gasteiger partial charge in [0.1, 0.15) is 0 Å². The van der Waals surface area contributed by atoms with Crippen molar-refractivity contribution in [1.82, 2.24) is 4.90 Å². The molecule has 4 saturated carbocycles. The number of carbonyl (C=O) groups is 1. The maximum Gasteiger partial charge on any atom is 0.317 e. The van der Waals surface area contributed by atoms with E-state index in [0.29, 0.717) is 17.5 Å². The largest absolute Gasteiger partial charge is 0.480 e. The fraction of sp³-hybridized carbons (Fsp3) is 0.944. The third kappa shape index (κ3) is 2.74. The molecule has 0 heterocycles. The number of hydrogen-bond acceptors (Lipinski definition) is 2. The first-order chi connectivity index (χ1) is 9.93. The lowest BCUT2D eigenvalue weighted by molar-refractivity contribution is -0.144. The minimum Gasteiger partial charge on any atom is -0.480 e. The third-order valence-electron chi connectivity index (χ3n) is 6.94. The van der Waals surface area contributed by atoms with E-state index in [1.165, 1.54) is 38.5 Å². The molecule has 0 saturated heterocycles. The van der Waals surface area contributed by atoms with Crippen LogP contribution in [0.15, 0.2) is 0 Å². The lowest BCUT2D eigenvalue weighted by atomic mass is 9.47. The maximum absolute atomic E-state index is 11.3. The molecule has 0 aromatic heterocycles. The molecule has 4 aliphatic carbocycles. The second-order valence-corrected chi connectivity index (χ2v) is 8.28. The van der Waals surface area contributed by atoms with Gasteiger partial charge in [-0.2, -0.15) is 0 Å². The zero-order valence-electron chi connectivity index (χ0n) is 13.8. The van der Waals surface area contributed by atoms with Crippen molar-refractivity contribution in [3.05, 3.63) is 0 Å². The van der Waals surface area contributed by atoms with Crippen molar-refractivity contribution >= 4 is 5.97 Å².